The second kappa shape index (κ2) is 9.44. The summed E-state index contributed by atoms with van der Waals surface area (Å²) in [6.45, 7) is 16.2. The first-order chi connectivity index (χ1) is 10.1. The normalized spacial score (nSPS) is 12.0. The molecule has 1 atom stereocenters. The molecule has 1 rings (SSSR count). The third kappa shape index (κ3) is 5.79. The number of aryl methyl sites for hydroxylation is 1. The van der Waals surface area contributed by atoms with E-state index < -0.39 is 0 Å². The first-order valence-corrected chi connectivity index (χ1v) is 8.28. The number of nitrogens with zero attached hydrogens (tertiary/aromatic N) is 1. The monoisotopic (exact) mass is 285 g/mol. The zero-order valence-electron chi connectivity index (χ0n) is 14.1. The Morgan fingerprint density at radius 1 is 1.14 bits per heavy atom. The van der Waals surface area contributed by atoms with Crippen LogP contribution in [0.4, 0.5) is 0 Å². The molecule has 0 N–H and O–H groups in total. The van der Waals surface area contributed by atoms with Crippen molar-refractivity contribution in [3.05, 3.63) is 60.4 Å². The third-order valence-electron chi connectivity index (χ3n) is 4.10. The Hall–Kier alpha value is -1.50. The summed E-state index contributed by atoms with van der Waals surface area (Å²) in [7, 11) is 0. The van der Waals surface area contributed by atoms with Crippen LogP contribution in [0.2, 0.25) is 0 Å². The van der Waals surface area contributed by atoms with E-state index in [1.54, 1.807) is 0 Å². The Balaban J connectivity index is 2.47. The topological polar surface area (TPSA) is 3.24 Å². The molecule has 1 nitrogen and oxygen atoms in total. The molecule has 1 heteroatoms. The molecule has 0 heterocycles. The molecule has 0 amide bonds. The molecule has 0 aliphatic rings. The van der Waals surface area contributed by atoms with E-state index >= 15 is 0 Å². The van der Waals surface area contributed by atoms with Crippen LogP contribution in [0.5, 0.6) is 0 Å². The van der Waals surface area contributed by atoms with E-state index in [1.165, 1.54) is 29.8 Å². The highest BCUT2D eigenvalue weighted by Gasteiger charge is 2.15. The van der Waals surface area contributed by atoms with Gasteiger partial charge in [-0.15, -0.1) is 0 Å². The molecule has 116 valence electrons. The van der Waals surface area contributed by atoms with Gasteiger partial charge in [0.2, 0.25) is 0 Å². The quantitative estimate of drug-likeness (QED) is 0.525. The van der Waals surface area contributed by atoms with Gasteiger partial charge in [0, 0.05) is 17.9 Å². The second-order valence-corrected chi connectivity index (χ2v) is 5.84. The van der Waals surface area contributed by atoms with Crippen molar-refractivity contribution in [2.45, 2.75) is 52.9 Å². The van der Waals surface area contributed by atoms with Crippen LogP contribution in [0.15, 0.2) is 54.9 Å². The van der Waals surface area contributed by atoms with Gasteiger partial charge in [-0.25, -0.2) is 0 Å². The minimum atomic E-state index is 0.517. The highest BCUT2D eigenvalue weighted by atomic mass is 15.1. The summed E-state index contributed by atoms with van der Waals surface area (Å²) in [5, 5.41) is 0. The Labute approximate surface area is 131 Å². The lowest BCUT2D eigenvalue weighted by Gasteiger charge is -2.31. The lowest BCUT2D eigenvalue weighted by atomic mass is 9.97. The molecule has 0 saturated carbocycles. The molecule has 0 saturated heterocycles. The van der Waals surface area contributed by atoms with Gasteiger partial charge in [0.15, 0.2) is 0 Å². The van der Waals surface area contributed by atoms with Crippen molar-refractivity contribution in [2.75, 3.05) is 6.54 Å². The number of rotatable bonds is 10. The number of allylic oxidation sites excluding steroid dienone is 2. The molecule has 0 bridgehead atoms. The van der Waals surface area contributed by atoms with E-state index in [0.717, 1.165) is 25.8 Å². The van der Waals surface area contributed by atoms with Crippen LogP contribution < -0.4 is 0 Å². The van der Waals surface area contributed by atoms with Gasteiger partial charge in [-0.3, -0.25) is 0 Å². The van der Waals surface area contributed by atoms with Gasteiger partial charge in [-0.05, 0) is 43.6 Å². The zero-order chi connectivity index (χ0) is 15.7. The van der Waals surface area contributed by atoms with Gasteiger partial charge in [0.1, 0.15) is 0 Å². The van der Waals surface area contributed by atoms with Crippen LogP contribution in [-0.2, 0) is 6.42 Å². The van der Waals surface area contributed by atoms with E-state index in [-0.39, 0.29) is 0 Å². The van der Waals surface area contributed by atoms with E-state index in [0.29, 0.717) is 5.92 Å². The maximum atomic E-state index is 4.33. The van der Waals surface area contributed by atoms with E-state index in [4.69, 9.17) is 0 Å². The summed E-state index contributed by atoms with van der Waals surface area (Å²) >= 11 is 0. The van der Waals surface area contributed by atoms with Gasteiger partial charge >= 0.3 is 0 Å². The highest BCUT2D eigenvalue weighted by Crippen LogP contribution is 2.24. The lowest BCUT2D eigenvalue weighted by molar-refractivity contribution is 0.356. The largest absolute Gasteiger partial charge is 0.350 e. The molecule has 0 aliphatic heterocycles. The summed E-state index contributed by atoms with van der Waals surface area (Å²) < 4.78 is 0. The molecule has 21 heavy (non-hydrogen) atoms. The Kier molecular flexibility index (Phi) is 7.89. The lowest BCUT2D eigenvalue weighted by Crippen LogP contribution is -2.25. The second-order valence-electron chi connectivity index (χ2n) is 5.84. The Morgan fingerprint density at radius 2 is 1.81 bits per heavy atom. The summed E-state index contributed by atoms with van der Waals surface area (Å²) in [5.74, 6) is 0.517. The molecule has 1 aromatic carbocycles. The van der Waals surface area contributed by atoms with Gasteiger partial charge in [0.05, 0.1) is 0 Å². The summed E-state index contributed by atoms with van der Waals surface area (Å²) in [5.41, 5.74) is 3.85. The average molecular weight is 285 g/mol. The minimum absolute atomic E-state index is 0.517. The van der Waals surface area contributed by atoms with Crippen LogP contribution >= 0.6 is 0 Å². The molecular formula is C20H31N. The summed E-state index contributed by atoms with van der Waals surface area (Å²) in [6, 6.07) is 10.7. The molecule has 0 aliphatic carbocycles. The van der Waals surface area contributed by atoms with Crippen molar-refractivity contribution >= 4 is 0 Å². The zero-order valence-corrected chi connectivity index (χ0v) is 14.1. The Bertz CT molecular complexity index is 432. The maximum absolute atomic E-state index is 4.33. The molecule has 1 unspecified atom stereocenters. The van der Waals surface area contributed by atoms with Gasteiger partial charge in [0.25, 0.3) is 0 Å². The van der Waals surface area contributed by atoms with Gasteiger partial charge < -0.3 is 4.90 Å². The molecule has 0 radical (unpaired) electrons. The van der Waals surface area contributed by atoms with Crippen molar-refractivity contribution in [3.63, 3.8) is 0 Å². The molecule has 0 aromatic heterocycles. The predicted molar refractivity (Wildman–Crippen MR) is 94.1 cm³/mol. The number of benzene rings is 1. The number of hydrogen-bond acceptors (Lipinski definition) is 1. The van der Waals surface area contributed by atoms with E-state index in [9.17, 15) is 0 Å². The van der Waals surface area contributed by atoms with Gasteiger partial charge in [-0.2, -0.15) is 0 Å². The van der Waals surface area contributed by atoms with Crippen LogP contribution in [0.1, 0.15) is 52.0 Å². The fourth-order valence-electron chi connectivity index (χ4n) is 2.61. The van der Waals surface area contributed by atoms with Crippen LogP contribution in [0, 0.1) is 5.92 Å². The van der Waals surface area contributed by atoms with Crippen molar-refractivity contribution in [2.24, 2.45) is 5.92 Å². The minimum Gasteiger partial charge on any atom is -0.350 e. The number of hydrogen-bond donors (Lipinski definition) is 0. The summed E-state index contributed by atoms with van der Waals surface area (Å²) in [6.07, 6.45) is 5.68. The molecular weight excluding hydrogens is 254 g/mol. The molecule has 1 aromatic rings. The predicted octanol–water partition coefficient (Wildman–Crippen LogP) is 5.79. The molecule has 0 fully saturated rings. The first kappa shape index (κ1) is 17.6. The van der Waals surface area contributed by atoms with E-state index in [1.807, 2.05) is 0 Å². The Morgan fingerprint density at radius 3 is 2.38 bits per heavy atom. The first-order valence-electron chi connectivity index (χ1n) is 8.28. The highest BCUT2D eigenvalue weighted by molar-refractivity contribution is 5.15. The van der Waals surface area contributed by atoms with Crippen LogP contribution in [0.25, 0.3) is 0 Å². The summed E-state index contributed by atoms with van der Waals surface area (Å²) in [4.78, 5) is 2.33. The fraction of sp³-hybridized carbons (Fsp3) is 0.500. The van der Waals surface area contributed by atoms with Crippen molar-refractivity contribution < 1.29 is 0 Å². The fourth-order valence-corrected chi connectivity index (χ4v) is 2.61. The van der Waals surface area contributed by atoms with Crippen LogP contribution in [0.3, 0.4) is 0 Å². The smallest absolute Gasteiger partial charge is 0.0221 e. The third-order valence-corrected chi connectivity index (χ3v) is 4.10. The van der Waals surface area contributed by atoms with Crippen molar-refractivity contribution in [3.8, 4) is 0 Å². The molecule has 0 spiro atoms. The van der Waals surface area contributed by atoms with Gasteiger partial charge in [-0.1, -0.05) is 64.3 Å². The SMILES string of the molecule is C=C(CC)N(CCC)C(=C)C(C)CCCc1ccccc1. The standard InChI is InChI=1S/C20H31N/c1-6-16-21(18(4)7-2)19(5)17(3)12-11-15-20-13-9-8-10-14-20/h8-10,13-14,17H,4-7,11-12,15-16H2,1-3H3. The van der Waals surface area contributed by atoms with Crippen LogP contribution in [-0.4, -0.2) is 11.4 Å². The van der Waals surface area contributed by atoms with E-state index in [2.05, 4.69) is 69.2 Å². The van der Waals surface area contributed by atoms with Crippen molar-refractivity contribution in [1.29, 1.82) is 0 Å². The maximum Gasteiger partial charge on any atom is 0.0221 e. The average Bonchev–Trinajstić information content (AvgIpc) is 2.52. The van der Waals surface area contributed by atoms with Crippen molar-refractivity contribution in [1.82, 2.24) is 4.90 Å².